The Balaban J connectivity index is 1.19. The van der Waals surface area contributed by atoms with E-state index in [4.69, 9.17) is 21.1 Å². The first kappa shape index (κ1) is 20.8. The minimum atomic E-state index is -0.289. The molecule has 32 heavy (non-hydrogen) atoms. The van der Waals surface area contributed by atoms with Crippen LogP contribution in [0.3, 0.4) is 0 Å². The number of nitrogens with one attached hydrogen (secondary N) is 2. The zero-order valence-corrected chi connectivity index (χ0v) is 18.6. The van der Waals surface area contributed by atoms with E-state index < -0.39 is 0 Å². The van der Waals surface area contributed by atoms with Crippen molar-refractivity contribution in [3.8, 4) is 11.5 Å². The van der Waals surface area contributed by atoms with Crippen LogP contribution in [0.2, 0.25) is 5.02 Å². The van der Waals surface area contributed by atoms with Gasteiger partial charge in [0.1, 0.15) is 0 Å². The lowest BCUT2D eigenvalue weighted by Gasteiger charge is -2.11. The zero-order valence-electron chi connectivity index (χ0n) is 17.0. The van der Waals surface area contributed by atoms with E-state index in [1.165, 1.54) is 11.3 Å². The zero-order chi connectivity index (χ0) is 22.1. The molecule has 1 atom stereocenters. The Morgan fingerprint density at radius 3 is 2.78 bits per heavy atom. The molecule has 3 aromatic rings. The predicted molar refractivity (Wildman–Crippen MR) is 122 cm³/mol. The molecular formula is C23H20ClN3O4S. The fourth-order valence-electron chi connectivity index (χ4n) is 3.85. The van der Waals surface area contributed by atoms with Gasteiger partial charge in [-0.25, -0.2) is 4.98 Å². The summed E-state index contributed by atoms with van der Waals surface area (Å²) in [7, 11) is 0. The highest BCUT2D eigenvalue weighted by molar-refractivity contribution is 7.16. The summed E-state index contributed by atoms with van der Waals surface area (Å²) >= 11 is 7.33. The van der Waals surface area contributed by atoms with Crippen molar-refractivity contribution in [1.29, 1.82) is 0 Å². The molecule has 9 heteroatoms. The van der Waals surface area contributed by atoms with E-state index in [1.807, 2.05) is 24.3 Å². The van der Waals surface area contributed by atoms with Crippen molar-refractivity contribution >= 4 is 39.9 Å². The molecule has 164 valence electrons. The number of fused-ring (bicyclic) bond motifs is 2. The lowest BCUT2D eigenvalue weighted by molar-refractivity contribution is -0.122. The second kappa shape index (κ2) is 8.80. The maximum Gasteiger partial charge on any atom is 0.257 e. The summed E-state index contributed by atoms with van der Waals surface area (Å²) in [4.78, 5) is 31.0. The summed E-state index contributed by atoms with van der Waals surface area (Å²) in [5, 5.41) is 7.04. The second-order valence-electron chi connectivity index (χ2n) is 7.61. The highest BCUT2D eigenvalue weighted by atomic mass is 35.5. The monoisotopic (exact) mass is 469 g/mol. The number of thiazole rings is 1. The molecule has 0 saturated carbocycles. The molecule has 0 bridgehead atoms. The Labute approximate surface area is 193 Å². The Kier molecular flexibility index (Phi) is 5.71. The highest BCUT2D eigenvalue weighted by Gasteiger charge is 2.32. The third-order valence-corrected chi connectivity index (χ3v) is 6.81. The fourth-order valence-corrected chi connectivity index (χ4v) is 5.01. The van der Waals surface area contributed by atoms with Gasteiger partial charge in [0.2, 0.25) is 12.7 Å². The Morgan fingerprint density at radius 1 is 1.12 bits per heavy atom. The van der Waals surface area contributed by atoms with Crippen LogP contribution in [0.25, 0.3) is 0 Å². The lowest BCUT2D eigenvalue weighted by atomic mass is 10.1. The summed E-state index contributed by atoms with van der Waals surface area (Å²) in [5.74, 6) is 0.577. The van der Waals surface area contributed by atoms with Crippen LogP contribution in [-0.4, -0.2) is 30.1 Å². The third kappa shape index (κ3) is 4.28. The Morgan fingerprint density at radius 2 is 1.94 bits per heavy atom. The number of halogens is 1. The van der Waals surface area contributed by atoms with Gasteiger partial charge < -0.3 is 14.8 Å². The van der Waals surface area contributed by atoms with Crippen molar-refractivity contribution in [2.75, 3.05) is 18.7 Å². The van der Waals surface area contributed by atoms with E-state index in [2.05, 4.69) is 15.6 Å². The van der Waals surface area contributed by atoms with E-state index in [0.29, 0.717) is 33.8 Å². The SMILES string of the molecule is O=C(Nc1nc2c(s1)CC[C@H]2C(=O)NCCc1ccc(Cl)cc1)c1ccc2c(c1)OCO2. The molecule has 7 nitrogen and oxygen atoms in total. The predicted octanol–water partition coefficient (Wildman–Crippen LogP) is 4.17. The van der Waals surface area contributed by atoms with E-state index in [1.54, 1.807) is 18.2 Å². The van der Waals surface area contributed by atoms with Crippen LogP contribution in [0.5, 0.6) is 11.5 Å². The topological polar surface area (TPSA) is 89.6 Å². The second-order valence-corrected chi connectivity index (χ2v) is 9.13. The number of amides is 2. The number of nitrogens with zero attached hydrogens (tertiary/aromatic N) is 1. The van der Waals surface area contributed by atoms with Crippen molar-refractivity contribution in [3.05, 3.63) is 69.2 Å². The number of benzene rings is 2. The number of anilines is 1. The number of ether oxygens (including phenoxy) is 2. The van der Waals surface area contributed by atoms with Crippen LogP contribution in [0.4, 0.5) is 5.13 Å². The van der Waals surface area contributed by atoms with Gasteiger partial charge in [-0.05, 0) is 55.2 Å². The van der Waals surface area contributed by atoms with Crippen molar-refractivity contribution in [1.82, 2.24) is 10.3 Å². The molecule has 0 saturated heterocycles. The maximum atomic E-state index is 12.7. The summed E-state index contributed by atoms with van der Waals surface area (Å²) in [5.41, 5.74) is 2.34. The number of hydrogen-bond acceptors (Lipinski definition) is 6. The van der Waals surface area contributed by atoms with E-state index in [9.17, 15) is 9.59 Å². The molecule has 5 rings (SSSR count). The summed E-state index contributed by atoms with van der Waals surface area (Å²) in [6, 6.07) is 12.6. The molecule has 0 fully saturated rings. The van der Waals surface area contributed by atoms with Crippen LogP contribution in [-0.2, 0) is 17.6 Å². The van der Waals surface area contributed by atoms with Crippen LogP contribution < -0.4 is 20.1 Å². The highest BCUT2D eigenvalue weighted by Crippen LogP contribution is 2.39. The number of carbonyl (C=O) groups is 2. The van der Waals surface area contributed by atoms with E-state index >= 15 is 0 Å². The minimum absolute atomic E-state index is 0.0309. The van der Waals surface area contributed by atoms with Gasteiger partial charge in [0.15, 0.2) is 16.6 Å². The van der Waals surface area contributed by atoms with Gasteiger partial charge in [-0.15, -0.1) is 11.3 Å². The van der Waals surface area contributed by atoms with Gasteiger partial charge in [0.05, 0.1) is 11.6 Å². The van der Waals surface area contributed by atoms with Gasteiger partial charge >= 0.3 is 0 Å². The molecule has 1 aliphatic carbocycles. The quantitative estimate of drug-likeness (QED) is 0.565. The van der Waals surface area contributed by atoms with Crippen molar-refractivity contribution in [2.45, 2.75) is 25.2 Å². The number of aryl methyl sites for hydroxylation is 1. The molecule has 2 amide bonds. The Bertz CT molecular complexity index is 1180. The normalized spacial score (nSPS) is 16.0. The first-order valence-electron chi connectivity index (χ1n) is 10.3. The van der Waals surface area contributed by atoms with E-state index in [-0.39, 0.29) is 24.5 Å². The van der Waals surface area contributed by atoms with Crippen LogP contribution >= 0.6 is 22.9 Å². The molecule has 2 N–H and O–H groups in total. The average Bonchev–Trinajstić information content (AvgIpc) is 3.50. The first-order valence-corrected chi connectivity index (χ1v) is 11.5. The number of hydrogen-bond donors (Lipinski definition) is 2. The number of carbonyl (C=O) groups excluding carboxylic acids is 2. The van der Waals surface area contributed by atoms with Crippen molar-refractivity contribution in [3.63, 3.8) is 0 Å². The first-order chi connectivity index (χ1) is 15.6. The fraction of sp³-hybridized carbons (Fsp3) is 0.261. The van der Waals surface area contributed by atoms with Gasteiger partial charge in [-0.3, -0.25) is 14.9 Å². The molecule has 0 spiro atoms. The van der Waals surface area contributed by atoms with Crippen molar-refractivity contribution in [2.24, 2.45) is 0 Å². The minimum Gasteiger partial charge on any atom is -0.454 e. The summed E-state index contributed by atoms with van der Waals surface area (Å²) < 4.78 is 10.6. The molecule has 1 aliphatic heterocycles. The van der Waals surface area contributed by atoms with Crippen molar-refractivity contribution < 1.29 is 19.1 Å². The molecular weight excluding hydrogens is 450 g/mol. The van der Waals surface area contributed by atoms with Crippen LogP contribution in [0, 0.1) is 0 Å². The smallest absolute Gasteiger partial charge is 0.257 e. The summed E-state index contributed by atoms with van der Waals surface area (Å²) in [6.45, 7) is 0.701. The lowest BCUT2D eigenvalue weighted by Crippen LogP contribution is -2.30. The molecule has 2 aliphatic rings. The number of aromatic nitrogens is 1. The largest absolute Gasteiger partial charge is 0.454 e. The maximum absolute atomic E-state index is 12.7. The molecule has 0 unspecified atom stereocenters. The summed E-state index contributed by atoms with van der Waals surface area (Å²) in [6.07, 6.45) is 2.25. The van der Waals surface area contributed by atoms with Gasteiger partial charge in [-0.2, -0.15) is 0 Å². The molecule has 2 heterocycles. The van der Waals surface area contributed by atoms with Crippen LogP contribution in [0.1, 0.15) is 38.8 Å². The van der Waals surface area contributed by atoms with Crippen LogP contribution in [0.15, 0.2) is 42.5 Å². The van der Waals surface area contributed by atoms with Gasteiger partial charge in [0.25, 0.3) is 5.91 Å². The third-order valence-electron chi connectivity index (χ3n) is 5.52. The molecule has 1 aromatic heterocycles. The Hall–Kier alpha value is -3.10. The van der Waals surface area contributed by atoms with Gasteiger partial charge in [-0.1, -0.05) is 23.7 Å². The average molecular weight is 470 g/mol. The standard InChI is InChI=1S/C23H20ClN3O4S/c24-15-4-1-13(2-5-15)9-10-25-22(29)16-6-8-19-20(16)26-23(32-19)27-21(28)14-3-7-17-18(11-14)31-12-30-17/h1-5,7,11,16H,6,8-10,12H2,(H,25,29)(H,26,27,28)/t16-/m1/s1. The number of rotatable bonds is 6. The van der Waals surface area contributed by atoms with E-state index in [0.717, 1.165) is 35.4 Å². The molecule has 0 radical (unpaired) electrons. The molecule has 2 aromatic carbocycles. The van der Waals surface area contributed by atoms with Gasteiger partial charge in [0, 0.05) is 22.0 Å².